The first-order valence-electron chi connectivity index (χ1n) is 9.01. The lowest BCUT2D eigenvalue weighted by Crippen LogP contribution is -2.47. The van der Waals surface area contributed by atoms with E-state index in [4.69, 9.17) is 9.47 Å². The van der Waals surface area contributed by atoms with Gasteiger partial charge in [0.2, 0.25) is 15.9 Å². The molecule has 0 saturated carbocycles. The van der Waals surface area contributed by atoms with Gasteiger partial charge in [-0.2, -0.15) is 0 Å². The van der Waals surface area contributed by atoms with Gasteiger partial charge in [0.15, 0.2) is 0 Å². The van der Waals surface area contributed by atoms with Crippen molar-refractivity contribution >= 4 is 27.5 Å². The lowest BCUT2D eigenvalue weighted by Gasteiger charge is -2.32. The molecule has 1 aromatic rings. The fourth-order valence-corrected chi connectivity index (χ4v) is 3.40. The molecular formula is C18H27N3O6S. The van der Waals surface area contributed by atoms with Gasteiger partial charge < -0.3 is 19.7 Å². The third-order valence-electron chi connectivity index (χ3n) is 4.29. The molecule has 1 aliphatic heterocycles. The van der Waals surface area contributed by atoms with Crippen LogP contribution in [0.3, 0.4) is 0 Å². The molecule has 0 atom stereocenters. The molecule has 1 saturated heterocycles. The lowest BCUT2D eigenvalue weighted by atomic mass is 10.0. The highest BCUT2D eigenvalue weighted by Crippen LogP contribution is 2.14. The van der Waals surface area contributed by atoms with Crippen LogP contribution in [0.2, 0.25) is 0 Å². The molecule has 2 N–H and O–H groups in total. The van der Waals surface area contributed by atoms with Gasteiger partial charge in [0.25, 0.3) is 5.91 Å². The van der Waals surface area contributed by atoms with Crippen LogP contribution in [0.15, 0.2) is 24.3 Å². The maximum absolute atomic E-state index is 12.4. The number of hydrogen-bond acceptors (Lipinski definition) is 6. The minimum atomic E-state index is -3.35. The van der Waals surface area contributed by atoms with E-state index in [1.165, 1.54) is 0 Å². The highest BCUT2D eigenvalue weighted by molar-refractivity contribution is 7.92. The molecule has 28 heavy (non-hydrogen) atoms. The second kappa shape index (κ2) is 10.4. The summed E-state index contributed by atoms with van der Waals surface area (Å²) in [4.78, 5) is 26.2. The number of methoxy groups -OCH3 is 1. The molecule has 9 nitrogen and oxygen atoms in total. The third-order valence-corrected chi connectivity index (χ3v) is 4.90. The van der Waals surface area contributed by atoms with Crippen molar-refractivity contribution < 1.29 is 27.5 Å². The molecular weight excluding hydrogens is 386 g/mol. The fourth-order valence-electron chi connectivity index (χ4n) is 2.84. The number of amides is 2. The summed E-state index contributed by atoms with van der Waals surface area (Å²) in [6, 6.07) is 6.21. The van der Waals surface area contributed by atoms with Crippen LogP contribution in [-0.2, 0) is 24.3 Å². The van der Waals surface area contributed by atoms with E-state index in [0.717, 1.165) is 6.26 Å². The monoisotopic (exact) mass is 413 g/mol. The molecule has 10 heteroatoms. The first-order valence-corrected chi connectivity index (χ1v) is 10.9. The van der Waals surface area contributed by atoms with Gasteiger partial charge >= 0.3 is 0 Å². The number of carbonyl (C=O) groups is 2. The van der Waals surface area contributed by atoms with Crippen LogP contribution in [0, 0.1) is 0 Å². The maximum atomic E-state index is 12.4. The Bertz CT molecular complexity index is 758. The average Bonchev–Trinajstić information content (AvgIpc) is 2.65. The smallest absolute Gasteiger partial charge is 0.251 e. The number of benzene rings is 1. The number of anilines is 1. The molecule has 1 aliphatic rings. The standard InChI is InChI=1S/C18H27N3O6S/c1-26-11-12-27-13-17(22)21-9-7-15(8-10-21)19-18(23)14-3-5-16(6-4-14)20-28(2,24)25/h3-6,15,20H,7-13H2,1-2H3,(H,19,23). The number of carbonyl (C=O) groups excluding carboxylic acids is 2. The van der Waals surface area contributed by atoms with Crippen LogP contribution < -0.4 is 10.0 Å². The quantitative estimate of drug-likeness (QED) is 0.568. The van der Waals surface area contributed by atoms with Gasteiger partial charge in [-0.1, -0.05) is 0 Å². The molecule has 1 aromatic carbocycles. The van der Waals surface area contributed by atoms with Gasteiger partial charge in [0.05, 0.1) is 19.5 Å². The topological polar surface area (TPSA) is 114 Å². The van der Waals surface area contributed by atoms with E-state index in [2.05, 4.69) is 10.0 Å². The maximum Gasteiger partial charge on any atom is 0.251 e. The number of likely N-dealkylation sites (tertiary alicyclic amines) is 1. The van der Waals surface area contributed by atoms with Crippen LogP contribution in [0.25, 0.3) is 0 Å². The predicted molar refractivity (Wildman–Crippen MR) is 105 cm³/mol. The minimum Gasteiger partial charge on any atom is -0.382 e. The van der Waals surface area contributed by atoms with Gasteiger partial charge in [-0.3, -0.25) is 14.3 Å². The summed E-state index contributed by atoms with van der Waals surface area (Å²) in [6.45, 7) is 2.00. The number of piperidine rings is 1. The molecule has 0 unspecified atom stereocenters. The number of hydrogen-bond donors (Lipinski definition) is 2. The summed E-state index contributed by atoms with van der Waals surface area (Å²) in [5, 5.41) is 2.96. The molecule has 0 bridgehead atoms. The van der Waals surface area contributed by atoms with Crippen LogP contribution in [0.4, 0.5) is 5.69 Å². The normalized spacial score (nSPS) is 15.3. The van der Waals surface area contributed by atoms with Crippen molar-refractivity contribution in [2.45, 2.75) is 18.9 Å². The Morgan fingerprint density at radius 1 is 1.14 bits per heavy atom. The zero-order valence-corrected chi connectivity index (χ0v) is 17.0. The molecule has 0 aliphatic carbocycles. The van der Waals surface area contributed by atoms with E-state index in [-0.39, 0.29) is 24.5 Å². The van der Waals surface area contributed by atoms with E-state index in [1.54, 1.807) is 36.3 Å². The van der Waals surface area contributed by atoms with Crippen molar-refractivity contribution in [2.24, 2.45) is 0 Å². The molecule has 1 fully saturated rings. The summed E-state index contributed by atoms with van der Waals surface area (Å²) < 4.78 is 34.9. The van der Waals surface area contributed by atoms with Crippen molar-refractivity contribution in [1.29, 1.82) is 0 Å². The molecule has 2 rings (SSSR count). The molecule has 0 spiro atoms. The van der Waals surface area contributed by atoms with Gasteiger partial charge in [0, 0.05) is 37.5 Å². The van der Waals surface area contributed by atoms with Crippen LogP contribution in [0.5, 0.6) is 0 Å². The fraction of sp³-hybridized carbons (Fsp3) is 0.556. The van der Waals surface area contributed by atoms with Crippen molar-refractivity contribution in [3.05, 3.63) is 29.8 Å². The van der Waals surface area contributed by atoms with Crippen molar-refractivity contribution in [1.82, 2.24) is 10.2 Å². The van der Waals surface area contributed by atoms with Crippen LogP contribution in [-0.4, -0.2) is 77.4 Å². The number of ether oxygens (including phenoxy) is 2. The molecule has 2 amide bonds. The second-order valence-corrected chi connectivity index (χ2v) is 8.37. The zero-order valence-electron chi connectivity index (χ0n) is 16.1. The number of sulfonamides is 1. The minimum absolute atomic E-state index is 0.0141. The second-order valence-electron chi connectivity index (χ2n) is 6.63. The summed E-state index contributed by atoms with van der Waals surface area (Å²) in [5.41, 5.74) is 0.850. The Hall–Kier alpha value is -2.17. The van der Waals surface area contributed by atoms with Crippen LogP contribution >= 0.6 is 0 Å². The summed E-state index contributed by atoms with van der Waals surface area (Å²) in [5.74, 6) is -0.284. The SMILES string of the molecule is COCCOCC(=O)N1CCC(NC(=O)c2ccc(NS(C)(=O)=O)cc2)CC1. The first kappa shape index (κ1) is 22.1. The van der Waals surface area contributed by atoms with Crippen LogP contribution in [0.1, 0.15) is 23.2 Å². The summed E-state index contributed by atoms with van der Waals surface area (Å²) >= 11 is 0. The van der Waals surface area contributed by atoms with Crippen molar-refractivity contribution in [3.63, 3.8) is 0 Å². The van der Waals surface area contributed by atoms with Crippen molar-refractivity contribution in [2.75, 3.05) is 51.0 Å². The third kappa shape index (κ3) is 7.45. The molecule has 0 radical (unpaired) electrons. The van der Waals surface area contributed by atoms with Gasteiger partial charge in [0.1, 0.15) is 6.61 Å². The Morgan fingerprint density at radius 3 is 2.36 bits per heavy atom. The van der Waals surface area contributed by atoms with Crippen molar-refractivity contribution in [3.8, 4) is 0 Å². The number of nitrogens with one attached hydrogen (secondary N) is 2. The Kier molecular flexibility index (Phi) is 8.21. The Morgan fingerprint density at radius 2 is 1.79 bits per heavy atom. The van der Waals surface area contributed by atoms with E-state index >= 15 is 0 Å². The lowest BCUT2D eigenvalue weighted by molar-refractivity contribution is -0.137. The Balaban J connectivity index is 1.76. The van der Waals surface area contributed by atoms with E-state index in [1.807, 2.05) is 0 Å². The zero-order chi connectivity index (χ0) is 20.6. The van der Waals surface area contributed by atoms with Gasteiger partial charge in [-0.05, 0) is 37.1 Å². The average molecular weight is 413 g/mol. The highest BCUT2D eigenvalue weighted by atomic mass is 32.2. The van der Waals surface area contributed by atoms with E-state index in [0.29, 0.717) is 50.4 Å². The molecule has 156 valence electrons. The number of rotatable bonds is 9. The molecule has 1 heterocycles. The molecule has 0 aromatic heterocycles. The predicted octanol–water partition coefficient (Wildman–Crippen LogP) is 0.442. The largest absolute Gasteiger partial charge is 0.382 e. The number of nitrogens with zero attached hydrogens (tertiary/aromatic N) is 1. The summed E-state index contributed by atoms with van der Waals surface area (Å²) in [6.07, 6.45) is 2.41. The van der Waals surface area contributed by atoms with E-state index < -0.39 is 10.0 Å². The van der Waals surface area contributed by atoms with Gasteiger partial charge in [-0.25, -0.2) is 8.42 Å². The van der Waals surface area contributed by atoms with E-state index in [9.17, 15) is 18.0 Å². The first-order chi connectivity index (χ1) is 13.3. The van der Waals surface area contributed by atoms with Gasteiger partial charge in [-0.15, -0.1) is 0 Å². The Labute approximate surface area is 165 Å². The highest BCUT2D eigenvalue weighted by Gasteiger charge is 2.24. The summed E-state index contributed by atoms with van der Waals surface area (Å²) in [7, 11) is -1.78.